The Morgan fingerprint density at radius 3 is 2.33 bits per heavy atom. The summed E-state index contributed by atoms with van der Waals surface area (Å²) in [7, 11) is 0. The average molecular weight is 414 g/mol. The van der Waals surface area contributed by atoms with Crippen molar-refractivity contribution in [3.63, 3.8) is 0 Å². The summed E-state index contributed by atoms with van der Waals surface area (Å²) >= 11 is 0. The number of Topliss-reactive ketones (excluding diaryl/α,β-unsaturated/α-hetero) is 1. The smallest absolute Gasteiger partial charge is 0.340 e. The Kier molecular flexibility index (Phi) is 5.04. The number of aliphatic hydroxyl groups is 1. The number of hydrogen-bond donors (Lipinski definition) is 2. The summed E-state index contributed by atoms with van der Waals surface area (Å²) in [6, 6.07) is 6.72. The molecule has 30 heavy (non-hydrogen) atoms. The van der Waals surface area contributed by atoms with Crippen molar-refractivity contribution < 1.29 is 24.2 Å². The molecule has 162 valence electrons. The Bertz CT molecular complexity index is 870. The van der Waals surface area contributed by atoms with Crippen LogP contribution in [0.3, 0.4) is 0 Å². The van der Waals surface area contributed by atoms with Crippen LogP contribution in [0.2, 0.25) is 0 Å². The van der Waals surface area contributed by atoms with E-state index in [-0.39, 0.29) is 23.9 Å². The van der Waals surface area contributed by atoms with E-state index in [2.05, 4.69) is 5.32 Å². The van der Waals surface area contributed by atoms with Crippen molar-refractivity contribution in [2.24, 2.45) is 22.7 Å². The summed E-state index contributed by atoms with van der Waals surface area (Å²) in [6.07, 6.45) is 4.77. The van der Waals surface area contributed by atoms with Crippen LogP contribution in [0.15, 0.2) is 24.3 Å². The molecule has 1 aromatic carbocycles. The lowest BCUT2D eigenvalue weighted by atomic mass is 9.47. The van der Waals surface area contributed by atoms with Crippen molar-refractivity contribution in [3.05, 3.63) is 29.8 Å². The van der Waals surface area contributed by atoms with Crippen LogP contribution in [-0.2, 0) is 14.3 Å². The minimum absolute atomic E-state index is 0.124. The monoisotopic (exact) mass is 413 g/mol. The van der Waals surface area contributed by atoms with Crippen LogP contribution >= 0.6 is 0 Å². The number of benzene rings is 1. The lowest BCUT2D eigenvalue weighted by molar-refractivity contribution is -0.174. The first-order valence-electron chi connectivity index (χ1n) is 10.8. The lowest BCUT2D eigenvalue weighted by Crippen LogP contribution is -2.59. The van der Waals surface area contributed by atoms with Crippen molar-refractivity contribution in [3.8, 4) is 0 Å². The predicted molar refractivity (Wildman–Crippen MR) is 112 cm³/mol. The van der Waals surface area contributed by atoms with E-state index < -0.39 is 22.4 Å². The first-order chi connectivity index (χ1) is 14.0. The molecule has 4 saturated carbocycles. The van der Waals surface area contributed by atoms with Gasteiger partial charge in [-0.1, -0.05) is 32.9 Å². The van der Waals surface area contributed by atoms with Gasteiger partial charge < -0.3 is 15.2 Å². The molecule has 1 aromatic rings. The van der Waals surface area contributed by atoms with E-state index in [4.69, 9.17) is 4.74 Å². The fraction of sp³-hybridized carbons (Fsp3) is 0.625. The maximum atomic E-state index is 13.4. The second kappa shape index (κ2) is 7.19. The van der Waals surface area contributed by atoms with Crippen LogP contribution in [0, 0.1) is 22.7 Å². The molecule has 2 unspecified atom stereocenters. The zero-order chi connectivity index (χ0) is 21.7. The maximum Gasteiger partial charge on any atom is 0.340 e. The van der Waals surface area contributed by atoms with Gasteiger partial charge >= 0.3 is 5.97 Å². The zero-order valence-corrected chi connectivity index (χ0v) is 18.0. The molecule has 2 N–H and O–H groups in total. The predicted octanol–water partition coefficient (Wildman–Crippen LogP) is 3.73. The highest BCUT2D eigenvalue weighted by Gasteiger charge is 2.60. The summed E-state index contributed by atoms with van der Waals surface area (Å²) in [4.78, 5) is 38.0. The van der Waals surface area contributed by atoms with Gasteiger partial charge in [0.15, 0.2) is 12.4 Å². The molecule has 6 nitrogen and oxygen atoms in total. The number of esters is 1. The number of amides is 1. The third-order valence-corrected chi connectivity index (χ3v) is 7.08. The fourth-order valence-corrected chi connectivity index (χ4v) is 5.93. The number of hydrogen-bond acceptors (Lipinski definition) is 5. The topological polar surface area (TPSA) is 92.7 Å². The number of nitrogens with one attached hydrogen (secondary N) is 1. The maximum absolute atomic E-state index is 13.4. The molecule has 4 bridgehead atoms. The van der Waals surface area contributed by atoms with Gasteiger partial charge in [-0.25, -0.2) is 4.79 Å². The standard InChI is InChI=1S/C24H31NO5/c1-22(2,3)19(26)13-30-20(27)17-6-4-5-7-18(17)25-21(28)23-9-15-8-16(10-23)12-24(29,11-15)14-23/h4-7,15-16,29H,8-14H2,1-3H3,(H,25,28). The highest BCUT2D eigenvalue weighted by atomic mass is 16.5. The van der Waals surface area contributed by atoms with E-state index in [9.17, 15) is 19.5 Å². The van der Waals surface area contributed by atoms with Gasteiger partial charge in [0.2, 0.25) is 5.91 Å². The highest BCUT2D eigenvalue weighted by Crippen LogP contribution is 2.61. The van der Waals surface area contributed by atoms with Gasteiger partial charge in [-0.2, -0.15) is 0 Å². The fourth-order valence-electron chi connectivity index (χ4n) is 5.93. The van der Waals surface area contributed by atoms with Gasteiger partial charge in [0.25, 0.3) is 0 Å². The molecule has 0 radical (unpaired) electrons. The first kappa shape index (κ1) is 21.0. The van der Waals surface area contributed by atoms with Crippen molar-refractivity contribution in [1.29, 1.82) is 0 Å². The van der Waals surface area contributed by atoms with Gasteiger partial charge in [0, 0.05) is 5.41 Å². The zero-order valence-electron chi connectivity index (χ0n) is 18.0. The Morgan fingerprint density at radius 1 is 1.10 bits per heavy atom. The summed E-state index contributed by atoms with van der Waals surface area (Å²) < 4.78 is 5.22. The summed E-state index contributed by atoms with van der Waals surface area (Å²) in [6.45, 7) is 5.02. The second-order valence-electron chi connectivity index (χ2n) is 10.7. The molecule has 0 spiro atoms. The van der Waals surface area contributed by atoms with E-state index in [1.165, 1.54) is 0 Å². The van der Waals surface area contributed by atoms with Crippen molar-refractivity contribution in [2.45, 2.75) is 64.9 Å². The summed E-state index contributed by atoms with van der Waals surface area (Å²) in [5.74, 6) is -0.135. The molecule has 1 amide bonds. The quantitative estimate of drug-likeness (QED) is 0.718. The molecule has 4 aliphatic carbocycles. The molecular formula is C24H31NO5. The Labute approximate surface area is 177 Å². The Balaban J connectivity index is 1.49. The third-order valence-electron chi connectivity index (χ3n) is 7.08. The van der Waals surface area contributed by atoms with E-state index in [0.29, 0.717) is 23.9 Å². The normalized spacial score (nSPS) is 32.0. The van der Waals surface area contributed by atoms with Gasteiger partial charge in [-0.05, 0) is 62.5 Å². The first-order valence-corrected chi connectivity index (χ1v) is 10.8. The molecule has 6 heteroatoms. The molecule has 0 aromatic heterocycles. The number of carbonyl (C=O) groups excluding carboxylic acids is 3. The molecule has 2 atom stereocenters. The van der Waals surface area contributed by atoms with Crippen molar-refractivity contribution in [1.82, 2.24) is 0 Å². The average Bonchev–Trinajstić information content (AvgIpc) is 2.63. The van der Waals surface area contributed by atoms with E-state index >= 15 is 0 Å². The minimum atomic E-state index is -0.729. The van der Waals surface area contributed by atoms with Crippen LogP contribution in [0.5, 0.6) is 0 Å². The Morgan fingerprint density at radius 2 is 1.73 bits per heavy atom. The van der Waals surface area contributed by atoms with Crippen molar-refractivity contribution >= 4 is 23.3 Å². The number of ketones is 1. The van der Waals surface area contributed by atoms with Gasteiger partial charge in [-0.3, -0.25) is 9.59 Å². The number of rotatable bonds is 5. The number of para-hydroxylation sites is 1. The SMILES string of the molecule is CC(C)(C)C(=O)COC(=O)c1ccccc1NC(=O)C12CC3CC(CC(O)(C3)C1)C2. The van der Waals surface area contributed by atoms with Crippen LogP contribution in [0.4, 0.5) is 5.69 Å². The largest absolute Gasteiger partial charge is 0.454 e. The molecule has 4 aliphatic rings. The van der Waals surface area contributed by atoms with Gasteiger partial charge in [0.1, 0.15) is 0 Å². The van der Waals surface area contributed by atoms with E-state index in [0.717, 1.165) is 32.1 Å². The molecule has 4 fully saturated rings. The van der Waals surface area contributed by atoms with Crippen molar-refractivity contribution in [2.75, 3.05) is 11.9 Å². The van der Waals surface area contributed by atoms with Gasteiger partial charge in [0.05, 0.1) is 22.3 Å². The van der Waals surface area contributed by atoms with E-state index in [1.54, 1.807) is 45.0 Å². The molecule has 0 aliphatic heterocycles. The second-order valence-corrected chi connectivity index (χ2v) is 10.7. The van der Waals surface area contributed by atoms with E-state index in [1.807, 2.05) is 0 Å². The summed E-state index contributed by atoms with van der Waals surface area (Å²) in [5, 5.41) is 13.9. The van der Waals surface area contributed by atoms with Crippen LogP contribution in [-0.4, -0.2) is 35.0 Å². The number of ether oxygens (including phenoxy) is 1. The number of carbonyl (C=O) groups is 3. The Hall–Kier alpha value is -2.21. The number of anilines is 1. The van der Waals surface area contributed by atoms with Gasteiger partial charge in [-0.15, -0.1) is 0 Å². The van der Waals surface area contributed by atoms with Crippen LogP contribution < -0.4 is 5.32 Å². The molecule has 0 saturated heterocycles. The molecular weight excluding hydrogens is 382 g/mol. The lowest BCUT2D eigenvalue weighted by Gasteiger charge is -2.59. The summed E-state index contributed by atoms with van der Waals surface area (Å²) in [5.41, 5.74) is -1.27. The molecule has 0 heterocycles. The van der Waals surface area contributed by atoms with Crippen LogP contribution in [0.25, 0.3) is 0 Å². The third kappa shape index (κ3) is 3.89. The minimum Gasteiger partial charge on any atom is -0.454 e. The highest BCUT2D eigenvalue weighted by molar-refractivity contribution is 6.03. The van der Waals surface area contributed by atoms with Crippen LogP contribution in [0.1, 0.15) is 69.7 Å². The molecule has 5 rings (SSSR count).